The second-order valence-corrected chi connectivity index (χ2v) is 12.0. The summed E-state index contributed by atoms with van der Waals surface area (Å²) >= 11 is 1.20. The molecule has 2 amide bonds. The van der Waals surface area contributed by atoms with Gasteiger partial charge in [-0.05, 0) is 44.7 Å². The molecule has 2 saturated heterocycles. The number of ether oxygens (including phenoxy) is 1. The van der Waals surface area contributed by atoms with Crippen LogP contribution in [-0.2, 0) is 26.0 Å². The Morgan fingerprint density at radius 3 is 2.63 bits per heavy atom. The van der Waals surface area contributed by atoms with E-state index < -0.39 is 15.9 Å². The van der Waals surface area contributed by atoms with Crippen LogP contribution < -0.4 is 10.6 Å². The van der Waals surface area contributed by atoms with E-state index in [1.807, 2.05) is 6.92 Å². The van der Waals surface area contributed by atoms with Gasteiger partial charge in [-0.2, -0.15) is 0 Å². The average Bonchev–Trinajstić information content (AvgIpc) is 3.27. The Kier molecular flexibility index (Phi) is 8.05. The Hall–Kier alpha value is -2.54. The highest BCUT2D eigenvalue weighted by atomic mass is 32.2. The summed E-state index contributed by atoms with van der Waals surface area (Å²) < 4.78 is 32.5. The molecule has 10 nitrogen and oxygen atoms in total. The van der Waals surface area contributed by atoms with Crippen LogP contribution in [0.4, 0.5) is 5.13 Å². The lowest BCUT2D eigenvalue weighted by atomic mass is 10.1. The number of aromatic hydroxyl groups is 1. The molecule has 190 valence electrons. The van der Waals surface area contributed by atoms with Crippen molar-refractivity contribution in [1.29, 1.82) is 0 Å². The number of phenolic OH excluding ortho intramolecular Hbond substituents is 1. The standard InChI is InChI=1S/C23H30N4O6S2/c1-15-2-3-20(28)19(12-15)22(30)26-23-25-17(14-34-23)13-21(29)24-16-4-8-27(9-5-16)35(31,32)18-6-10-33-11-7-18/h2-3,12,14,16,18,28H,4-11,13H2,1H3,(H,24,29)(H,25,26,30). The number of hydrogen-bond donors (Lipinski definition) is 3. The number of aryl methyl sites for hydroxylation is 1. The van der Waals surface area contributed by atoms with Crippen molar-refractivity contribution < 1.29 is 27.9 Å². The van der Waals surface area contributed by atoms with E-state index >= 15 is 0 Å². The normalized spacial score (nSPS) is 18.3. The number of benzene rings is 1. The van der Waals surface area contributed by atoms with Crippen LogP contribution >= 0.6 is 11.3 Å². The van der Waals surface area contributed by atoms with Gasteiger partial charge in [0, 0.05) is 37.7 Å². The van der Waals surface area contributed by atoms with Crippen molar-refractivity contribution in [1.82, 2.24) is 14.6 Å². The Morgan fingerprint density at radius 1 is 1.20 bits per heavy atom. The van der Waals surface area contributed by atoms with E-state index in [2.05, 4.69) is 15.6 Å². The highest BCUT2D eigenvalue weighted by Crippen LogP contribution is 2.24. The molecule has 35 heavy (non-hydrogen) atoms. The first kappa shape index (κ1) is 25.5. The SMILES string of the molecule is Cc1ccc(O)c(C(=O)Nc2nc(CC(=O)NC3CCN(S(=O)(=O)C4CCOCC4)CC3)cs2)c1. The third kappa shape index (κ3) is 6.37. The van der Waals surface area contributed by atoms with Crippen molar-refractivity contribution in [2.75, 3.05) is 31.6 Å². The second kappa shape index (κ2) is 11.0. The molecule has 2 aliphatic rings. The number of aromatic nitrogens is 1. The minimum absolute atomic E-state index is 0.0582. The summed E-state index contributed by atoms with van der Waals surface area (Å²) in [6.07, 6.45) is 2.24. The van der Waals surface area contributed by atoms with Crippen LogP contribution in [0.1, 0.15) is 47.3 Å². The third-order valence-electron chi connectivity index (χ3n) is 6.28. The second-order valence-electron chi connectivity index (χ2n) is 8.89. The molecule has 0 atom stereocenters. The predicted octanol–water partition coefficient (Wildman–Crippen LogP) is 2.04. The van der Waals surface area contributed by atoms with Gasteiger partial charge in [-0.15, -0.1) is 11.3 Å². The van der Waals surface area contributed by atoms with Gasteiger partial charge in [0.15, 0.2) is 5.13 Å². The summed E-state index contributed by atoms with van der Waals surface area (Å²) in [4.78, 5) is 29.3. The van der Waals surface area contributed by atoms with Gasteiger partial charge in [0.2, 0.25) is 15.9 Å². The van der Waals surface area contributed by atoms with Crippen molar-refractivity contribution in [2.45, 2.75) is 50.3 Å². The van der Waals surface area contributed by atoms with Crippen molar-refractivity contribution >= 4 is 38.3 Å². The first-order valence-electron chi connectivity index (χ1n) is 11.6. The molecule has 2 fully saturated rings. The summed E-state index contributed by atoms with van der Waals surface area (Å²) in [5.74, 6) is -0.787. The molecule has 1 aromatic carbocycles. The van der Waals surface area contributed by atoms with Crippen molar-refractivity contribution in [3.63, 3.8) is 0 Å². The Bertz CT molecular complexity index is 1170. The number of carbonyl (C=O) groups is 2. The highest BCUT2D eigenvalue weighted by molar-refractivity contribution is 7.89. The van der Waals surface area contributed by atoms with E-state index in [9.17, 15) is 23.1 Å². The quantitative estimate of drug-likeness (QED) is 0.506. The van der Waals surface area contributed by atoms with Gasteiger partial charge >= 0.3 is 0 Å². The molecule has 0 aliphatic carbocycles. The molecule has 0 bridgehead atoms. The molecule has 0 spiro atoms. The van der Waals surface area contributed by atoms with E-state index in [4.69, 9.17) is 4.74 Å². The molecule has 0 radical (unpaired) electrons. The number of rotatable bonds is 7. The molecule has 2 aliphatic heterocycles. The smallest absolute Gasteiger partial charge is 0.261 e. The maximum absolute atomic E-state index is 12.8. The molecule has 4 rings (SSSR count). The molecule has 0 unspecified atom stereocenters. The summed E-state index contributed by atoms with van der Waals surface area (Å²) in [6.45, 7) is 3.57. The number of hydrogen-bond acceptors (Lipinski definition) is 8. The van der Waals surface area contributed by atoms with Gasteiger partial charge in [-0.3, -0.25) is 14.9 Å². The largest absolute Gasteiger partial charge is 0.507 e. The number of sulfonamides is 1. The summed E-state index contributed by atoms with van der Waals surface area (Å²) in [7, 11) is -3.34. The minimum atomic E-state index is -3.34. The summed E-state index contributed by atoms with van der Waals surface area (Å²) in [5, 5.41) is 17.2. The van der Waals surface area contributed by atoms with Gasteiger partial charge in [-0.25, -0.2) is 17.7 Å². The topological polar surface area (TPSA) is 138 Å². The van der Waals surface area contributed by atoms with Crippen LogP contribution in [0.25, 0.3) is 0 Å². The zero-order valence-corrected chi connectivity index (χ0v) is 21.2. The van der Waals surface area contributed by atoms with Crippen LogP contribution in [0, 0.1) is 6.92 Å². The van der Waals surface area contributed by atoms with Crippen molar-refractivity contribution in [3.05, 3.63) is 40.4 Å². The first-order chi connectivity index (χ1) is 16.7. The fourth-order valence-electron chi connectivity index (χ4n) is 4.32. The zero-order chi connectivity index (χ0) is 25.0. The average molecular weight is 523 g/mol. The number of anilines is 1. The van der Waals surface area contributed by atoms with Gasteiger partial charge < -0.3 is 15.2 Å². The number of nitrogens with zero attached hydrogens (tertiary/aromatic N) is 2. The lowest BCUT2D eigenvalue weighted by Gasteiger charge is -2.35. The van der Waals surface area contributed by atoms with E-state index in [0.29, 0.717) is 62.8 Å². The highest BCUT2D eigenvalue weighted by Gasteiger charge is 2.35. The number of carbonyl (C=O) groups excluding carboxylic acids is 2. The Balaban J connectivity index is 1.25. The van der Waals surface area contributed by atoms with E-state index in [1.54, 1.807) is 21.8 Å². The van der Waals surface area contributed by atoms with Crippen LogP contribution in [0.3, 0.4) is 0 Å². The minimum Gasteiger partial charge on any atom is -0.507 e. The van der Waals surface area contributed by atoms with Gasteiger partial charge in [-0.1, -0.05) is 11.6 Å². The predicted molar refractivity (Wildman–Crippen MR) is 132 cm³/mol. The van der Waals surface area contributed by atoms with Crippen LogP contribution in [0.15, 0.2) is 23.6 Å². The number of piperidine rings is 1. The number of phenols is 1. The number of thiazole rings is 1. The molecule has 12 heteroatoms. The van der Waals surface area contributed by atoms with E-state index in [0.717, 1.165) is 5.56 Å². The molecule has 1 aromatic heterocycles. The third-order valence-corrected chi connectivity index (χ3v) is 9.48. The number of nitrogens with one attached hydrogen (secondary N) is 2. The zero-order valence-electron chi connectivity index (χ0n) is 19.5. The number of amides is 2. The monoisotopic (exact) mass is 522 g/mol. The first-order valence-corrected chi connectivity index (χ1v) is 14.0. The lowest BCUT2D eigenvalue weighted by Crippen LogP contribution is -2.49. The summed E-state index contributed by atoms with van der Waals surface area (Å²) in [6, 6.07) is 4.67. The van der Waals surface area contributed by atoms with Gasteiger partial charge in [0.25, 0.3) is 5.91 Å². The van der Waals surface area contributed by atoms with Gasteiger partial charge in [0.05, 0.1) is 22.9 Å². The Labute approximate surface area is 208 Å². The van der Waals surface area contributed by atoms with Crippen LogP contribution in [0.2, 0.25) is 0 Å². The maximum atomic E-state index is 12.8. The fourth-order valence-corrected chi connectivity index (χ4v) is 6.96. The van der Waals surface area contributed by atoms with Crippen LogP contribution in [-0.4, -0.2) is 72.2 Å². The van der Waals surface area contributed by atoms with Gasteiger partial charge in [0.1, 0.15) is 5.75 Å². The van der Waals surface area contributed by atoms with E-state index in [-0.39, 0.29) is 34.9 Å². The van der Waals surface area contributed by atoms with E-state index in [1.165, 1.54) is 17.4 Å². The fraction of sp³-hybridized carbons (Fsp3) is 0.522. The molecule has 3 N–H and O–H groups in total. The summed E-state index contributed by atoms with van der Waals surface area (Å²) in [5.41, 5.74) is 1.52. The molecule has 0 saturated carbocycles. The van der Waals surface area contributed by atoms with Crippen molar-refractivity contribution in [2.24, 2.45) is 0 Å². The Morgan fingerprint density at radius 2 is 1.91 bits per heavy atom. The molecule has 2 aromatic rings. The van der Waals surface area contributed by atoms with Crippen LogP contribution in [0.5, 0.6) is 5.75 Å². The molecular formula is C23H30N4O6S2. The lowest BCUT2D eigenvalue weighted by molar-refractivity contribution is -0.121. The van der Waals surface area contributed by atoms with Crippen molar-refractivity contribution in [3.8, 4) is 5.75 Å². The molecule has 3 heterocycles. The maximum Gasteiger partial charge on any atom is 0.261 e. The molecular weight excluding hydrogens is 492 g/mol.